The summed E-state index contributed by atoms with van der Waals surface area (Å²) in [7, 11) is 1.67. The van der Waals surface area contributed by atoms with E-state index >= 15 is 0 Å². The van der Waals surface area contributed by atoms with Crippen LogP contribution in [-0.4, -0.2) is 19.9 Å². The summed E-state index contributed by atoms with van der Waals surface area (Å²) in [6, 6.07) is 4.27. The zero-order valence-corrected chi connectivity index (χ0v) is 13.2. The maximum absolute atomic E-state index is 6.37. The number of halogens is 1. The summed E-state index contributed by atoms with van der Waals surface area (Å²) < 4.78 is 5.39. The first kappa shape index (κ1) is 15.0. The Bertz CT molecular complexity index is 444. The van der Waals surface area contributed by atoms with Crippen LogP contribution in [0.3, 0.4) is 0 Å². The summed E-state index contributed by atoms with van der Waals surface area (Å²) in [6.07, 6.45) is 8.22. The first-order chi connectivity index (χ1) is 9.16. The molecule has 0 radical (unpaired) electrons. The highest BCUT2D eigenvalue weighted by molar-refractivity contribution is 7.98. The molecule has 1 aromatic carbocycles. The van der Waals surface area contributed by atoms with Gasteiger partial charge in [0, 0.05) is 12.0 Å². The zero-order chi connectivity index (χ0) is 13.9. The monoisotopic (exact) mass is 299 g/mol. The molecule has 0 bridgehead atoms. The molecule has 0 aromatic heterocycles. The Morgan fingerprint density at radius 1 is 1.32 bits per heavy atom. The van der Waals surface area contributed by atoms with E-state index in [2.05, 4.69) is 12.1 Å². The van der Waals surface area contributed by atoms with Crippen molar-refractivity contribution in [3.8, 4) is 5.75 Å². The van der Waals surface area contributed by atoms with E-state index in [0.717, 1.165) is 10.6 Å². The fourth-order valence-corrected chi connectivity index (χ4v) is 4.04. The highest BCUT2D eigenvalue weighted by Gasteiger charge is 2.33. The molecule has 2 rings (SSSR count). The molecule has 0 atom stereocenters. The third-order valence-electron chi connectivity index (χ3n) is 4.25. The summed E-state index contributed by atoms with van der Waals surface area (Å²) in [6.45, 7) is 0.698. The number of nitrogens with two attached hydrogens (primary N) is 1. The Morgan fingerprint density at radius 2 is 2.00 bits per heavy atom. The van der Waals surface area contributed by atoms with Crippen LogP contribution in [0.2, 0.25) is 5.02 Å². The summed E-state index contributed by atoms with van der Waals surface area (Å²) in [5.41, 5.74) is 7.49. The van der Waals surface area contributed by atoms with Crippen molar-refractivity contribution >= 4 is 23.4 Å². The largest absolute Gasteiger partial charge is 0.494 e. The molecule has 0 heterocycles. The Balaban J connectivity index is 2.46. The van der Waals surface area contributed by atoms with Gasteiger partial charge >= 0.3 is 0 Å². The second-order valence-electron chi connectivity index (χ2n) is 5.24. The van der Waals surface area contributed by atoms with E-state index in [1.54, 1.807) is 18.9 Å². The molecule has 0 saturated heterocycles. The Morgan fingerprint density at radius 3 is 2.53 bits per heavy atom. The van der Waals surface area contributed by atoms with Crippen LogP contribution in [0, 0.1) is 0 Å². The predicted molar refractivity (Wildman–Crippen MR) is 83.6 cm³/mol. The van der Waals surface area contributed by atoms with Crippen molar-refractivity contribution in [1.29, 1.82) is 0 Å². The lowest BCUT2D eigenvalue weighted by Crippen LogP contribution is -2.37. The number of benzene rings is 1. The van der Waals surface area contributed by atoms with E-state index < -0.39 is 0 Å². The molecule has 4 heteroatoms. The van der Waals surface area contributed by atoms with Crippen molar-refractivity contribution in [2.24, 2.45) is 5.73 Å². The molecule has 1 aliphatic rings. The average Bonchev–Trinajstić information content (AvgIpc) is 2.47. The molecule has 0 aliphatic heterocycles. The molecular formula is C15H22ClNOS. The summed E-state index contributed by atoms with van der Waals surface area (Å²) in [4.78, 5) is 1.10. The molecule has 2 N–H and O–H groups in total. The van der Waals surface area contributed by atoms with Crippen molar-refractivity contribution in [2.75, 3.05) is 19.9 Å². The Labute approximate surface area is 125 Å². The summed E-state index contributed by atoms with van der Waals surface area (Å²) in [5.74, 6) is 0.779. The summed E-state index contributed by atoms with van der Waals surface area (Å²) >= 11 is 8.04. The van der Waals surface area contributed by atoms with Crippen molar-refractivity contribution < 1.29 is 4.74 Å². The Kier molecular flexibility index (Phi) is 5.04. The third kappa shape index (κ3) is 2.88. The van der Waals surface area contributed by atoms with E-state index in [9.17, 15) is 0 Å². The second-order valence-corrected chi connectivity index (χ2v) is 6.49. The van der Waals surface area contributed by atoms with Crippen LogP contribution in [0.25, 0.3) is 0 Å². The smallest absolute Gasteiger partial charge is 0.150 e. The molecule has 2 nitrogen and oxygen atoms in total. The SMILES string of the molecule is COc1c(Cl)cc(C2(CN)CCCCC2)cc1SC. The van der Waals surface area contributed by atoms with Gasteiger partial charge in [-0.1, -0.05) is 30.9 Å². The molecule has 1 saturated carbocycles. The maximum Gasteiger partial charge on any atom is 0.150 e. The van der Waals surface area contributed by atoms with E-state index in [4.69, 9.17) is 22.1 Å². The molecule has 0 unspecified atom stereocenters. The van der Waals surface area contributed by atoms with Gasteiger partial charge in [-0.15, -0.1) is 11.8 Å². The molecule has 0 spiro atoms. The van der Waals surface area contributed by atoms with Crippen LogP contribution in [0.5, 0.6) is 5.75 Å². The minimum atomic E-state index is 0.110. The zero-order valence-electron chi connectivity index (χ0n) is 11.7. The normalized spacial score (nSPS) is 18.3. The van der Waals surface area contributed by atoms with Crippen molar-refractivity contribution in [1.82, 2.24) is 0 Å². The number of methoxy groups -OCH3 is 1. The van der Waals surface area contributed by atoms with Gasteiger partial charge in [-0.05, 0) is 36.8 Å². The lowest BCUT2D eigenvalue weighted by atomic mass is 9.69. The average molecular weight is 300 g/mol. The van der Waals surface area contributed by atoms with E-state index in [0.29, 0.717) is 11.6 Å². The standard InChI is InChI=1S/C15H22ClNOS/c1-18-14-12(16)8-11(9-13(14)19-2)15(10-17)6-4-3-5-7-15/h8-9H,3-7,10,17H2,1-2H3. The van der Waals surface area contributed by atoms with Gasteiger partial charge in [0.25, 0.3) is 0 Å². The minimum absolute atomic E-state index is 0.110. The maximum atomic E-state index is 6.37. The highest BCUT2D eigenvalue weighted by Crippen LogP contribution is 2.44. The predicted octanol–water partition coefficient (Wildman–Crippen LogP) is 4.23. The summed E-state index contributed by atoms with van der Waals surface area (Å²) in [5, 5.41) is 0.697. The van der Waals surface area contributed by atoms with E-state index in [1.807, 2.05) is 6.26 Å². The molecule has 19 heavy (non-hydrogen) atoms. The van der Waals surface area contributed by atoms with Gasteiger partial charge in [-0.3, -0.25) is 0 Å². The van der Waals surface area contributed by atoms with Crippen molar-refractivity contribution in [2.45, 2.75) is 42.4 Å². The van der Waals surface area contributed by atoms with Gasteiger partial charge < -0.3 is 10.5 Å². The number of rotatable bonds is 4. The quantitative estimate of drug-likeness (QED) is 0.845. The van der Waals surface area contributed by atoms with Crippen LogP contribution in [0.4, 0.5) is 0 Å². The minimum Gasteiger partial charge on any atom is -0.494 e. The van der Waals surface area contributed by atoms with E-state index in [1.165, 1.54) is 37.7 Å². The van der Waals surface area contributed by atoms with Crippen LogP contribution in [-0.2, 0) is 5.41 Å². The van der Waals surface area contributed by atoms with Gasteiger partial charge in [0.15, 0.2) is 5.75 Å². The number of hydrogen-bond acceptors (Lipinski definition) is 3. The number of ether oxygens (including phenoxy) is 1. The molecule has 106 valence electrons. The van der Waals surface area contributed by atoms with Gasteiger partial charge in [0.1, 0.15) is 0 Å². The van der Waals surface area contributed by atoms with Gasteiger partial charge in [-0.2, -0.15) is 0 Å². The first-order valence-corrected chi connectivity index (χ1v) is 8.39. The second kappa shape index (κ2) is 6.38. The fourth-order valence-electron chi connectivity index (χ4n) is 3.06. The van der Waals surface area contributed by atoms with Crippen LogP contribution in [0.15, 0.2) is 17.0 Å². The first-order valence-electron chi connectivity index (χ1n) is 6.79. The number of thioether (sulfide) groups is 1. The van der Waals surface area contributed by atoms with E-state index in [-0.39, 0.29) is 5.41 Å². The van der Waals surface area contributed by atoms with Crippen LogP contribution in [0.1, 0.15) is 37.7 Å². The molecular weight excluding hydrogens is 278 g/mol. The van der Waals surface area contributed by atoms with Crippen LogP contribution >= 0.6 is 23.4 Å². The lowest BCUT2D eigenvalue weighted by Gasteiger charge is -2.37. The molecule has 1 aliphatic carbocycles. The molecule has 1 fully saturated rings. The number of hydrogen-bond donors (Lipinski definition) is 1. The molecule has 1 aromatic rings. The lowest BCUT2D eigenvalue weighted by molar-refractivity contribution is 0.300. The van der Waals surface area contributed by atoms with Gasteiger partial charge in [0.2, 0.25) is 0 Å². The fraction of sp³-hybridized carbons (Fsp3) is 0.600. The Hall–Kier alpha value is -0.380. The topological polar surface area (TPSA) is 35.2 Å². The van der Waals surface area contributed by atoms with Gasteiger partial charge in [-0.25, -0.2) is 0 Å². The third-order valence-corrected chi connectivity index (χ3v) is 5.27. The van der Waals surface area contributed by atoms with Crippen LogP contribution < -0.4 is 10.5 Å². The van der Waals surface area contributed by atoms with Crippen molar-refractivity contribution in [3.63, 3.8) is 0 Å². The van der Waals surface area contributed by atoms with Gasteiger partial charge in [0.05, 0.1) is 17.0 Å². The molecule has 0 amide bonds. The highest BCUT2D eigenvalue weighted by atomic mass is 35.5. The van der Waals surface area contributed by atoms with Crippen molar-refractivity contribution in [3.05, 3.63) is 22.7 Å².